The van der Waals surface area contributed by atoms with Gasteiger partial charge in [0.15, 0.2) is 11.5 Å². The summed E-state index contributed by atoms with van der Waals surface area (Å²) in [6.45, 7) is 2.24. The molecule has 0 saturated carbocycles. The number of benzene rings is 2. The van der Waals surface area contributed by atoms with Gasteiger partial charge in [0.05, 0.1) is 17.3 Å². The fraction of sp³-hybridized carbons (Fsp3) is 0.125. The fourth-order valence-electron chi connectivity index (χ4n) is 1.83. The first-order valence-electron chi connectivity index (χ1n) is 6.86. The molecule has 5 nitrogen and oxygen atoms in total. The highest BCUT2D eigenvalue weighted by atomic mass is 79.9. The molecule has 0 aliphatic rings. The molecule has 24 heavy (non-hydrogen) atoms. The van der Waals surface area contributed by atoms with Crippen LogP contribution in [0.5, 0.6) is 11.5 Å². The SMILES string of the molecule is CCOc1cc(/C=N\NC(=O)c2cccc(Br)c2)c(Br)c(Br)c1O. The van der Waals surface area contributed by atoms with E-state index in [1.807, 2.05) is 13.0 Å². The van der Waals surface area contributed by atoms with E-state index in [1.54, 1.807) is 24.3 Å². The molecule has 2 rings (SSSR count). The number of carbonyl (C=O) groups is 1. The minimum absolute atomic E-state index is 0.000883. The highest BCUT2D eigenvalue weighted by molar-refractivity contribution is 9.13. The third kappa shape index (κ3) is 4.58. The van der Waals surface area contributed by atoms with Crippen LogP contribution in [0.25, 0.3) is 0 Å². The number of rotatable bonds is 5. The fourth-order valence-corrected chi connectivity index (χ4v) is 3.05. The monoisotopic (exact) mass is 518 g/mol. The zero-order valence-corrected chi connectivity index (χ0v) is 17.3. The standard InChI is InChI=1S/C16H13Br3N2O3/c1-2-24-12-7-10(13(18)14(19)15(12)22)8-20-21-16(23)9-4-3-5-11(17)6-9/h3-8,22H,2H2,1H3,(H,21,23)/b20-8-. The summed E-state index contributed by atoms with van der Waals surface area (Å²) in [6.07, 6.45) is 1.46. The Morgan fingerprint density at radius 2 is 2.04 bits per heavy atom. The molecular formula is C16H13Br3N2O3. The van der Waals surface area contributed by atoms with Gasteiger partial charge in [-0.1, -0.05) is 22.0 Å². The lowest BCUT2D eigenvalue weighted by Crippen LogP contribution is -2.17. The number of aromatic hydroxyl groups is 1. The number of halogens is 3. The van der Waals surface area contributed by atoms with Gasteiger partial charge in [-0.05, 0) is 63.0 Å². The first kappa shape index (κ1) is 19.0. The highest BCUT2D eigenvalue weighted by Gasteiger charge is 2.14. The third-order valence-corrected chi connectivity index (χ3v) is 5.58. The van der Waals surface area contributed by atoms with Crippen LogP contribution in [0.2, 0.25) is 0 Å². The molecule has 0 spiro atoms. The molecule has 1 amide bonds. The maximum Gasteiger partial charge on any atom is 0.271 e. The topological polar surface area (TPSA) is 70.9 Å². The quantitative estimate of drug-likeness (QED) is 0.438. The van der Waals surface area contributed by atoms with Crippen molar-refractivity contribution < 1.29 is 14.6 Å². The van der Waals surface area contributed by atoms with Gasteiger partial charge in [-0.3, -0.25) is 4.79 Å². The van der Waals surface area contributed by atoms with Crippen molar-refractivity contribution in [2.45, 2.75) is 6.92 Å². The average molecular weight is 521 g/mol. The summed E-state index contributed by atoms with van der Waals surface area (Å²) in [7, 11) is 0. The van der Waals surface area contributed by atoms with Gasteiger partial charge in [0.1, 0.15) is 0 Å². The Bertz CT molecular complexity index is 794. The van der Waals surface area contributed by atoms with Gasteiger partial charge >= 0.3 is 0 Å². The molecule has 0 atom stereocenters. The second-order valence-corrected chi connectivity index (χ2v) is 7.08. The number of hydrogen-bond donors (Lipinski definition) is 2. The van der Waals surface area contributed by atoms with Crippen LogP contribution in [0.4, 0.5) is 0 Å². The molecule has 0 fully saturated rings. The Labute approximate surface area is 164 Å². The summed E-state index contributed by atoms with van der Waals surface area (Å²) in [4.78, 5) is 12.0. The predicted octanol–water partition coefficient (Wildman–Crippen LogP) is 4.84. The molecule has 2 N–H and O–H groups in total. The lowest BCUT2D eigenvalue weighted by atomic mass is 10.2. The molecule has 8 heteroatoms. The number of ether oxygens (including phenoxy) is 1. The van der Waals surface area contributed by atoms with E-state index in [4.69, 9.17) is 4.74 Å². The van der Waals surface area contributed by atoms with Crippen molar-refractivity contribution in [2.75, 3.05) is 6.61 Å². The van der Waals surface area contributed by atoms with Crippen LogP contribution in [-0.4, -0.2) is 23.8 Å². The van der Waals surface area contributed by atoms with Crippen molar-refractivity contribution >= 4 is 59.9 Å². The predicted molar refractivity (Wildman–Crippen MR) is 104 cm³/mol. The van der Waals surface area contributed by atoms with E-state index < -0.39 is 0 Å². The van der Waals surface area contributed by atoms with E-state index in [1.165, 1.54) is 6.21 Å². The van der Waals surface area contributed by atoms with Gasteiger partial charge in [0, 0.05) is 20.1 Å². The van der Waals surface area contributed by atoms with Crippen molar-refractivity contribution in [2.24, 2.45) is 5.10 Å². The minimum Gasteiger partial charge on any atom is -0.503 e. The largest absolute Gasteiger partial charge is 0.503 e. The second kappa shape index (κ2) is 8.64. The Hall–Kier alpha value is -1.38. The maximum atomic E-state index is 12.0. The third-order valence-electron chi connectivity index (χ3n) is 2.93. The molecule has 0 aliphatic heterocycles. The number of carbonyl (C=O) groups excluding carboxylic acids is 1. The molecule has 0 aliphatic carbocycles. The summed E-state index contributed by atoms with van der Waals surface area (Å²) < 4.78 is 7.23. The van der Waals surface area contributed by atoms with E-state index >= 15 is 0 Å². The Morgan fingerprint density at radius 1 is 1.29 bits per heavy atom. The maximum absolute atomic E-state index is 12.0. The number of phenolic OH excluding ortho intramolecular Hbond substituents is 1. The number of nitrogens with zero attached hydrogens (tertiary/aromatic N) is 1. The lowest BCUT2D eigenvalue weighted by molar-refractivity contribution is 0.0955. The van der Waals surface area contributed by atoms with Crippen LogP contribution < -0.4 is 10.2 Å². The number of hydrogen-bond acceptors (Lipinski definition) is 4. The van der Waals surface area contributed by atoms with Gasteiger partial charge in [0.25, 0.3) is 5.91 Å². The summed E-state index contributed by atoms with van der Waals surface area (Å²) in [5, 5.41) is 14.0. The number of phenols is 1. The normalized spacial score (nSPS) is 10.8. The van der Waals surface area contributed by atoms with Crippen LogP contribution in [0.15, 0.2) is 48.9 Å². The molecule has 2 aromatic carbocycles. The average Bonchev–Trinajstić information content (AvgIpc) is 2.56. The van der Waals surface area contributed by atoms with Crippen LogP contribution in [-0.2, 0) is 0 Å². The second-order valence-electron chi connectivity index (χ2n) is 4.58. The molecule has 0 unspecified atom stereocenters. The number of amides is 1. The van der Waals surface area contributed by atoms with Crippen molar-refractivity contribution in [1.29, 1.82) is 0 Å². The molecular weight excluding hydrogens is 508 g/mol. The smallest absolute Gasteiger partial charge is 0.271 e. The summed E-state index contributed by atoms with van der Waals surface area (Å²) >= 11 is 9.97. The summed E-state index contributed by atoms with van der Waals surface area (Å²) in [6, 6.07) is 8.62. The highest BCUT2D eigenvalue weighted by Crippen LogP contribution is 2.41. The molecule has 0 aromatic heterocycles. The molecule has 126 valence electrons. The van der Waals surface area contributed by atoms with Crippen LogP contribution in [0, 0.1) is 0 Å². The van der Waals surface area contributed by atoms with Crippen molar-refractivity contribution in [1.82, 2.24) is 5.43 Å². The van der Waals surface area contributed by atoms with E-state index in [-0.39, 0.29) is 11.7 Å². The van der Waals surface area contributed by atoms with Crippen molar-refractivity contribution in [3.05, 3.63) is 54.9 Å². The molecule has 0 bridgehead atoms. The summed E-state index contributed by atoms with van der Waals surface area (Å²) in [5.41, 5.74) is 3.58. The Kier molecular flexibility index (Phi) is 6.82. The first-order valence-corrected chi connectivity index (χ1v) is 9.24. The first-order chi connectivity index (χ1) is 11.4. The van der Waals surface area contributed by atoms with Gasteiger partial charge in [-0.15, -0.1) is 0 Å². The van der Waals surface area contributed by atoms with Crippen molar-refractivity contribution in [3.8, 4) is 11.5 Å². The van der Waals surface area contributed by atoms with E-state index in [0.29, 0.717) is 32.4 Å². The zero-order valence-electron chi connectivity index (χ0n) is 12.5. The van der Waals surface area contributed by atoms with E-state index in [2.05, 4.69) is 58.3 Å². The van der Waals surface area contributed by atoms with Crippen molar-refractivity contribution in [3.63, 3.8) is 0 Å². The van der Waals surface area contributed by atoms with Crippen LogP contribution in [0.3, 0.4) is 0 Å². The number of hydrazone groups is 1. The van der Waals surface area contributed by atoms with E-state index in [0.717, 1.165) is 4.47 Å². The molecule has 0 saturated heterocycles. The van der Waals surface area contributed by atoms with Gasteiger partial charge in [-0.25, -0.2) is 5.43 Å². The van der Waals surface area contributed by atoms with Crippen LogP contribution >= 0.6 is 47.8 Å². The molecule has 0 heterocycles. The molecule has 2 aromatic rings. The van der Waals surface area contributed by atoms with E-state index in [9.17, 15) is 9.90 Å². The van der Waals surface area contributed by atoms with Gasteiger partial charge < -0.3 is 9.84 Å². The van der Waals surface area contributed by atoms with Gasteiger partial charge in [-0.2, -0.15) is 5.10 Å². The van der Waals surface area contributed by atoms with Gasteiger partial charge in [0.2, 0.25) is 0 Å². The minimum atomic E-state index is -0.327. The number of nitrogens with one attached hydrogen (secondary N) is 1. The molecule has 0 radical (unpaired) electrons. The van der Waals surface area contributed by atoms with Crippen LogP contribution in [0.1, 0.15) is 22.8 Å². The Balaban J connectivity index is 2.18. The lowest BCUT2D eigenvalue weighted by Gasteiger charge is -2.10. The summed E-state index contributed by atoms with van der Waals surface area (Å²) in [5.74, 6) is -0.00191. The zero-order chi connectivity index (χ0) is 17.7. The Morgan fingerprint density at radius 3 is 2.71 bits per heavy atom.